The molecule has 0 bridgehead atoms. The van der Waals surface area contributed by atoms with E-state index in [1.165, 1.54) is 10.9 Å². The Morgan fingerprint density at radius 2 is 2.04 bits per heavy atom. The Kier molecular flexibility index (Phi) is 5.45. The number of benzene rings is 1. The second-order valence-corrected chi connectivity index (χ2v) is 7.47. The van der Waals surface area contributed by atoms with Gasteiger partial charge < -0.3 is 14.6 Å². The van der Waals surface area contributed by atoms with Gasteiger partial charge in [-0.2, -0.15) is 4.98 Å². The van der Waals surface area contributed by atoms with Crippen molar-refractivity contribution in [1.29, 1.82) is 0 Å². The molecule has 27 heavy (non-hydrogen) atoms. The van der Waals surface area contributed by atoms with Crippen LogP contribution in [0.25, 0.3) is 10.8 Å². The average molecular weight is 366 g/mol. The molecule has 2 aromatic heterocycles. The van der Waals surface area contributed by atoms with Crippen molar-refractivity contribution in [3.8, 4) is 0 Å². The van der Waals surface area contributed by atoms with Crippen LogP contribution in [0.2, 0.25) is 0 Å². The van der Waals surface area contributed by atoms with Gasteiger partial charge in [0.15, 0.2) is 5.82 Å². The summed E-state index contributed by atoms with van der Waals surface area (Å²) in [4.78, 5) is 8.89. The molecule has 1 fully saturated rings. The van der Waals surface area contributed by atoms with Crippen LogP contribution in [0.5, 0.6) is 0 Å². The fourth-order valence-corrected chi connectivity index (χ4v) is 3.68. The molecule has 1 saturated heterocycles. The van der Waals surface area contributed by atoms with Gasteiger partial charge in [0.1, 0.15) is 0 Å². The van der Waals surface area contributed by atoms with Gasteiger partial charge >= 0.3 is 0 Å². The number of pyridine rings is 1. The van der Waals surface area contributed by atoms with E-state index in [0.717, 1.165) is 43.8 Å². The Bertz CT molecular complexity index is 881. The second-order valence-electron chi connectivity index (χ2n) is 7.47. The van der Waals surface area contributed by atoms with Gasteiger partial charge in [-0.15, -0.1) is 0 Å². The van der Waals surface area contributed by atoms with Crippen molar-refractivity contribution in [2.45, 2.75) is 45.2 Å². The van der Waals surface area contributed by atoms with Crippen molar-refractivity contribution in [3.63, 3.8) is 0 Å². The summed E-state index contributed by atoms with van der Waals surface area (Å²) >= 11 is 0. The first-order chi connectivity index (χ1) is 13.2. The van der Waals surface area contributed by atoms with Crippen LogP contribution in [-0.2, 0) is 11.3 Å². The summed E-state index contributed by atoms with van der Waals surface area (Å²) in [6.07, 6.45) is 5.74. The molecule has 6 nitrogen and oxygen atoms in total. The van der Waals surface area contributed by atoms with Crippen molar-refractivity contribution < 1.29 is 9.26 Å². The van der Waals surface area contributed by atoms with Crippen molar-refractivity contribution in [3.05, 3.63) is 53.9 Å². The topological polar surface area (TPSA) is 73.1 Å². The molecule has 1 atom stereocenters. The molecule has 0 aliphatic carbocycles. The van der Waals surface area contributed by atoms with Crippen LogP contribution in [0.15, 0.2) is 41.2 Å². The Morgan fingerprint density at radius 3 is 2.81 bits per heavy atom. The predicted molar refractivity (Wildman–Crippen MR) is 103 cm³/mol. The lowest BCUT2D eigenvalue weighted by molar-refractivity contribution is 0.0485. The van der Waals surface area contributed by atoms with Crippen LogP contribution in [0.4, 0.5) is 0 Å². The lowest BCUT2D eigenvalue weighted by Gasteiger charge is -2.29. The maximum atomic E-state index is 5.64. The van der Waals surface area contributed by atoms with E-state index in [4.69, 9.17) is 9.26 Å². The number of nitrogens with zero attached hydrogens (tertiary/aromatic N) is 3. The summed E-state index contributed by atoms with van der Waals surface area (Å²) in [6.45, 7) is 6.47. The highest BCUT2D eigenvalue weighted by Crippen LogP contribution is 2.30. The molecule has 3 heterocycles. The van der Waals surface area contributed by atoms with E-state index in [9.17, 15) is 0 Å². The third-order valence-corrected chi connectivity index (χ3v) is 5.26. The van der Waals surface area contributed by atoms with Crippen LogP contribution >= 0.6 is 0 Å². The molecule has 1 aliphatic rings. The van der Waals surface area contributed by atoms with Gasteiger partial charge in [-0.25, -0.2) is 0 Å². The molecule has 0 spiro atoms. The summed E-state index contributed by atoms with van der Waals surface area (Å²) < 4.78 is 11.2. The molecule has 1 aromatic carbocycles. The molecular formula is C21H26N4O2. The van der Waals surface area contributed by atoms with Crippen molar-refractivity contribution in [2.75, 3.05) is 13.2 Å². The minimum atomic E-state index is 0.0333. The van der Waals surface area contributed by atoms with Gasteiger partial charge in [-0.05, 0) is 35.8 Å². The number of fused-ring (bicyclic) bond motifs is 1. The highest BCUT2D eigenvalue weighted by atomic mass is 16.5. The maximum absolute atomic E-state index is 5.64. The standard InChI is InChI=1S/C21H26N4O2/c1-14(2)20-24-21(27-25-20)19(15-7-10-26-11-8-15)23-13-17-5-3-4-16-12-22-9-6-18(16)17/h3-6,9,12,14-15,19,23H,7-8,10-11,13H2,1-2H3/t19-/m1/s1. The lowest BCUT2D eigenvalue weighted by Crippen LogP contribution is -2.32. The minimum Gasteiger partial charge on any atom is -0.381 e. The molecule has 1 aliphatic heterocycles. The van der Waals surface area contributed by atoms with Crippen molar-refractivity contribution in [2.24, 2.45) is 5.92 Å². The first-order valence-corrected chi connectivity index (χ1v) is 9.68. The van der Waals surface area contributed by atoms with Crippen molar-refractivity contribution >= 4 is 10.8 Å². The molecule has 142 valence electrons. The summed E-state index contributed by atoms with van der Waals surface area (Å²) in [5, 5.41) is 10.2. The first-order valence-electron chi connectivity index (χ1n) is 9.68. The fraction of sp³-hybridized carbons (Fsp3) is 0.476. The normalized spacial score (nSPS) is 16.9. The maximum Gasteiger partial charge on any atom is 0.244 e. The predicted octanol–water partition coefficient (Wildman–Crippen LogP) is 4.00. The SMILES string of the molecule is CC(C)c1noc([C@H](NCc2cccc3cnccc23)C2CCOCC2)n1. The Labute approximate surface area is 159 Å². The number of hydrogen-bond donors (Lipinski definition) is 1. The molecule has 6 heteroatoms. The van der Waals surface area contributed by atoms with Gasteiger partial charge in [0, 0.05) is 43.5 Å². The average Bonchev–Trinajstić information content (AvgIpc) is 3.19. The molecule has 0 saturated carbocycles. The van der Waals surface area contributed by atoms with Crippen LogP contribution in [0.3, 0.4) is 0 Å². The van der Waals surface area contributed by atoms with Crippen molar-refractivity contribution in [1.82, 2.24) is 20.4 Å². The summed E-state index contributed by atoms with van der Waals surface area (Å²) in [6, 6.07) is 8.43. The quantitative estimate of drug-likeness (QED) is 0.711. The highest BCUT2D eigenvalue weighted by Gasteiger charge is 2.30. The molecule has 4 rings (SSSR count). The van der Waals surface area contributed by atoms with Gasteiger partial charge in [-0.3, -0.25) is 4.98 Å². The zero-order valence-corrected chi connectivity index (χ0v) is 15.9. The lowest BCUT2D eigenvalue weighted by atomic mass is 9.91. The van der Waals surface area contributed by atoms with E-state index in [2.05, 4.69) is 58.6 Å². The van der Waals surface area contributed by atoms with E-state index in [0.29, 0.717) is 11.8 Å². The smallest absolute Gasteiger partial charge is 0.244 e. The van der Waals surface area contributed by atoms with Crippen LogP contribution < -0.4 is 5.32 Å². The number of aromatic nitrogens is 3. The fourth-order valence-electron chi connectivity index (χ4n) is 3.68. The summed E-state index contributed by atoms with van der Waals surface area (Å²) in [5.41, 5.74) is 1.25. The van der Waals surface area contributed by atoms with E-state index in [1.54, 1.807) is 0 Å². The zero-order chi connectivity index (χ0) is 18.6. The zero-order valence-electron chi connectivity index (χ0n) is 15.9. The number of rotatable bonds is 6. The first kappa shape index (κ1) is 18.1. The van der Waals surface area contributed by atoms with Gasteiger partial charge in [-0.1, -0.05) is 37.2 Å². The molecule has 0 amide bonds. The summed E-state index contributed by atoms with van der Waals surface area (Å²) in [5.74, 6) is 2.13. The third kappa shape index (κ3) is 4.01. The summed E-state index contributed by atoms with van der Waals surface area (Å²) in [7, 11) is 0. The van der Waals surface area contributed by atoms with Crippen LogP contribution in [0.1, 0.15) is 55.9 Å². The van der Waals surface area contributed by atoms with E-state index in [1.807, 2.05) is 12.4 Å². The third-order valence-electron chi connectivity index (χ3n) is 5.26. The molecule has 0 unspecified atom stereocenters. The Morgan fingerprint density at radius 1 is 1.19 bits per heavy atom. The number of nitrogens with one attached hydrogen (secondary N) is 1. The van der Waals surface area contributed by atoms with Gasteiger partial charge in [0.2, 0.25) is 5.89 Å². The van der Waals surface area contributed by atoms with Gasteiger partial charge in [0.05, 0.1) is 6.04 Å². The van der Waals surface area contributed by atoms with E-state index in [-0.39, 0.29) is 12.0 Å². The van der Waals surface area contributed by atoms with E-state index >= 15 is 0 Å². The van der Waals surface area contributed by atoms with Gasteiger partial charge in [0.25, 0.3) is 0 Å². The minimum absolute atomic E-state index is 0.0333. The molecule has 0 radical (unpaired) electrons. The Hall–Kier alpha value is -2.31. The van der Waals surface area contributed by atoms with Crippen LogP contribution in [-0.4, -0.2) is 28.3 Å². The monoisotopic (exact) mass is 366 g/mol. The second kappa shape index (κ2) is 8.15. The molecular weight excluding hydrogens is 340 g/mol. The molecule has 1 N–H and O–H groups in total. The van der Waals surface area contributed by atoms with Crippen LogP contribution in [0, 0.1) is 5.92 Å². The number of ether oxygens (including phenoxy) is 1. The Balaban J connectivity index is 1.58. The van der Waals surface area contributed by atoms with E-state index < -0.39 is 0 Å². The largest absolute Gasteiger partial charge is 0.381 e. The molecule has 3 aromatic rings. The number of hydrogen-bond acceptors (Lipinski definition) is 6. The highest BCUT2D eigenvalue weighted by molar-refractivity contribution is 5.84.